The van der Waals surface area contributed by atoms with Crippen LogP contribution in [0.25, 0.3) is 0 Å². The van der Waals surface area contributed by atoms with E-state index >= 15 is 0 Å². The molecule has 6 nitrogen and oxygen atoms in total. The molecule has 1 aromatic heterocycles. The summed E-state index contributed by atoms with van der Waals surface area (Å²) in [5.74, 6) is -0.274. The van der Waals surface area contributed by atoms with E-state index in [0.29, 0.717) is 36.8 Å². The molecule has 0 radical (unpaired) electrons. The molecule has 1 aliphatic heterocycles. The molecule has 3 rings (SSSR count). The summed E-state index contributed by atoms with van der Waals surface area (Å²) in [6, 6.07) is 10.0. The van der Waals surface area contributed by atoms with Crippen LogP contribution < -0.4 is 0 Å². The Bertz CT molecular complexity index is 785. The maximum Gasteiger partial charge on any atom is 0.289 e. The van der Waals surface area contributed by atoms with E-state index in [2.05, 4.69) is 0 Å². The van der Waals surface area contributed by atoms with E-state index in [0.717, 1.165) is 0 Å². The van der Waals surface area contributed by atoms with Crippen molar-refractivity contribution in [1.82, 2.24) is 9.80 Å². The second-order valence-corrected chi connectivity index (χ2v) is 6.72. The van der Waals surface area contributed by atoms with Crippen LogP contribution in [-0.2, 0) is 10.4 Å². The number of rotatable bonds is 4. The summed E-state index contributed by atoms with van der Waals surface area (Å²) in [4.78, 5) is 28.5. The van der Waals surface area contributed by atoms with Crippen molar-refractivity contribution in [1.29, 1.82) is 0 Å². The summed E-state index contributed by atoms with van der Waals surface area (Å²) < 4.78 is 5.14. The molecule has 7 heteroatoms. The highest BCUT2D eigenvalue weighted by Gasteiger charge is 2.40. The molecule has 0 spiro atoms. The lowest BCUT2D eigenvalue weighted by molar-refractivity contribution is -0.154. The zero-order valence-corrected chi connectivity index (χ0v) is 15.3. The van der Waals surface area contributed by atoms with Crippen molar-refractivity contribution in [3.05, 3.63) is 59.0 Å². The number of furan rings is 1. The van der Waals surface area contributed by atoms with E-state index in [1.165, 1.54) is 6.26 Å². The molecule has 2 aromatic rings. The topological polar surface area (TPSA) is 74.0 Å². The average Bonchev–Trinajstić information content (AvgIpc) is 3.21. The zero-order chi connectivity index (χ0) is 18.7. The van der Waals surface area contributed by atoms with Crippen LogP contribution in [0, 0.1) is 0 Å². The van der Waals surface area contributed by atoms with Gasteiger partial charge in [-0.3, -0.25) is 9.59 Å². The first-order chi connectivity index (χ1) is 12.5. The lowest BCUT2D eigenvalue weighted by Crippen LogP contribution is -2.55. The Morgan fingerprint density at radius 2 is 1.85 bits per heavy atom. The number of aliphatic hydroxyl groups is 1. The summed E-state index contributed by atoms with van der Waals surface area (Å²) >= 11 is 6.01. The van der Waals surface area contributed by atoms with Crippen LogP contribution in [0.3, 0.4) is 0 Å². The fourth-order valence-electron chi connectivity index (χ4n) is 3.15. The third-order valence-corrected chi connectivity index (χ3v) is 4.99. The number of hydrogen-bond donors (Lipinski definition) is 1. The Balaban J connectivity index is 1.70. The summed E-state index contributed by atoms with van der Waals surface area (Å²) in [6.45, 7) is 3.25. The van der Waals surface area contributed by atoms with Crippen LogP contribution in [0.2, 0.25) is 5.02 Å². The first-order valence-corrected chi connectivity index (χ1v) is 8.94. The summed E-state index contributed by atoms with van der Waals surface area (Å²) in [6.07, 6.45) is 1.69. The molecule has 1 aromatic carbocycles. The smallest absolute Gasteiger partial charge is 0.289 e. The van der Waals surface area contributed by atoms with E-state index in [-0.39, 0.29) is 24.0 Å². The minimum absolute atomic E-state index is 0.192. The molecule has 1 atom stereocenters. The second kappa shape index (κ2) is 7.51. The first kappa shape index (κ1) is 18.5. The normalized spacial score (nSPS) is 17.0. The summed E-state index contributed by atoms with van der Waals surface area (Å²) in [5.41, 5.74) is -1.15. The van der Waals surface area contributed by atoms with Crippen molar-refractivity contribution < 1.29 is 19.1 Å². The van der Waals surface area contributed by atoms with Gasteiger partial charge in [-0.15, -0.1) is 0 Å². The van der Waals surface area contributed by atoms with Gasteiger partial charge in [0.2, 0.25) is 0 Å². The molecule has 1 unspecified atom stereocenters. The number of amides is 2. The van der Waals surface area contributed by atoms with E-state index in [1.807, 2.05) is 0 Å². The molecule has 0 saturated carbocycles. The Hall–Kier alpha value is -2.31. The third-order valence-electron chi connectivity index (χ3n) is 4.75. The SMILES string of the molecule is CCC(O)(C(=O)N1CCN(C(=O)c2ccco2)CC1)c1cccc(Cl)c1. The number of hydrogen-bond acceptors (Lipinski definition) is 4. The lowest BCUT2D eigenvalue weighted by atomic mass is 9.89. The highest BCUT2D eigenvalue weighted by molar-refractivity contribution is 6.30. The van der Waals surface area contributed by atoms with Crippen LogP contribution >= 0.6 is 11.6 Å². The van der Waals surface area contributed by atoms with E-state index in [1.54, 1.807) is 53.1 Å². The van der Waals surface area contributed by atoms with Crippen molar-refractivity contribution in [3.8, 4) is 0 Å². The van der Waals surface area contributed by atoms with Gasteiger partial charge in [0.25, 0.3) is 11.8 Å². The lowest BCUT2D eigenvalue weighted by Gasteiger charge is -2.38. The Labute approximate surface area is 157 Å². The monoisotopic (exact) mass is 376 g/mol. The van der Waals surface area contributed by atoms with E-state index in [9.17, 15) is 14.7 Å². The summed E-state index contributed by atoms with van der Waals surface area (Å²) in [5, 5.41) is 11.5. The van der Waals surface area contributed by atoms with Gasteiger partial charge in [0.15, 0.2) is 11.4 Å². The summed E-state index contributed by atoms with van der Waals surface area (Å²) in [7, 11) is 0. The van der Waals surface area contributed by atoms with Gasteiger partial charge in [-0.05, 0) is 36.2 Å². The standard InChI is InChI=1S/C19H21ClN2O4/c1-2-19(25,14-5-3-6-15(20)13-14)18(24)22-10-8-21(9-11-22)17(23)16-7-4-12-26-16/h3-7,12-13,25H,2,8-11H2,1H3. The van der Waals surface area contributed by atoms with Crippen molar-refractivity contribution in [2.75, 3.05) is 26.2 Å². The maximum absolute atomic E-state index is 13.0. The molecule has 1 fully saturated rings. The molecule has 138 valence electrons. The molecule has 26 heavy (non-hydrogen) atoms. The molecule has 2 heterocycles. The van der Waals surface area contributed by atoms with Gasteiger partial charge in [-0.25, -0.2) is 0 Å². The number of piperazine rings is 1. The largest absolute Gasteiger partial charge is 0.459 e. The van der Waals surface area contributed by atoms with Crippen molar-refractivity contribution in [3.63, 3.8) is 0 Å². The zero-order valence-electron chi connectivity index (χ0n) is 14.5. The Morgan fingerprint density at radius 3 is 2.42 bits per heavy atom. The molecule has 1 aliphatic rings. The maximum atomic E-state index is 13.0. The Kier molecular flexibility index (Phi) is 5.34. The van der Waals surface area contributed by atoms with Gasteiger partial charge >= 0.3 is 0 Å². The van der Waals surface area contributed by atoms with Gasteiger partial charge in [-0.2, -0.15) is 0 Å². The minimum Gasteiger partial charge on any atom is -0.459 e. The molecule has 0 bridgehead atoms. The average molecular weight is 377 g/mol. The molecule has 0 aliphatic carbocycles. The van der Waals surface area contributed by atoms with Gasteiger partial charge in [0, 0.05) is 31.2 Å². The van der Waals surface area contributed by atoms with Crippen LogP contribution in [0.15, 0.2) is 47.1 Å². The van der Waals surface area contributed by atoms with Crippen LogP contribution in [0.5, 0.6) is 0 Å². The molecule has 1 saturated heterocycles. The molecule has 1 N–H and O–H groups in total. The van der Waals surface area contributed by atoms with Gasteiger partial charge in [0.1, 0.15) is 0 Å². The molecular weight excluding hydrogens is 356 g/mol. The van der Waals surface area contributed by atoms with Gasteiger partial charge in [0.05, 0.1) is 6.26 Å². The van der Waals surface area contributed by atoms with Gasteiger partial charge in [-0.1, -0.05) is 30.7 Å². The predicted octanol–water partition coefficient (Wildman–Crippen LogP) is 2.52. The van der Waals surface area contributed by atoms with Crippen molar-refractivity contribution >= 4 is 23.4 Å². The van der Waals surface area contributed by atoms with Crippen LogP contribution in [0.4, 0.5) is 0 Å². The molecular formula is C19H21ClN2O4. The number of benzene rings is 1. The Morgan fingerprint density at radius 1 is 1.15 bits per heavy atom. The quantitative estimate of drug-likeness (QED) is 0.889. The number of carbonyl (C=O) groups excluding carboxylic acids is 2. The molecule has 2 amide bonds. The minimum atomic E-state index is -1.63. The van der Waals surface area contributed by atoms with Crippen LogP contribution in [0.1, 0.15) is 29.5 Å². The highest BCUT2D eigenvalue weighted by Crippen LogP contribution is 2.29. The van der Waals surface area contributed by atoms with Crippen molar-refractivity contribution in [2.24, 2.45) is 0 Å². The number of nitrogens with zero attached hydrogens (tertiary/aromatic N) is 2. The van der Waals surface area contributed by atoms with Crippen LogP contribution in [-0.4, -0.2) is 52.9 Å². The number of halogens is 1. The van der Waals surface area contributed by atoms with E-state index < -0.39 is 5.60 Å². The van der Waals surface area contributed by atoms with E-state index in [4.69, 9.17) is 16.0 Å². The fourth-order valence-corrected chi connectivity index (χ4v) is 3.35. The fraction of sp³-hybridized carbons (Fsp3) is 0.368. The second-order valence-electron chi connectivity index (χ2n) is 6.29. The van der Waals surface area contributed by atoms with Gasteiger partial charge < -0.3 is 19.3 Å². The first-order valence-electron chi connectivity index (χ1n) is 8.56. The van der Waals surface area contributed by atoms with Crippen molar-refractivity contribution in [2.45, 2.75) is 18.9 Å². The predicted molar refractivity (Wildman–Crippen MR) is 96.8 cm³/mol. The highest BCUT2D eigenvalue weighted by atomic mass is 35.5. The number of carbonyl (C=O) groups is 2. The third kappa shape index (κ3) is 3.48.